The van der Waals surface area contributed by atoms with Gasteiger partial charge in [-0.05, 0) is 43.6 Å². The van der Waals surface area contributed by atoms with Crippen molar-refractivity contribution in [2.24, 2.45) is 0 Å². The number of carbonyl (C=O) groups excluding carboxylic acids is 1. The summed E-state index contributed by atoms with van der Waals surface area (Å²) in [6, 6.07) is 0. The van der Waals surface area contributed by atoms with Gasteiger partial charge in [-0.15, -0.1) is 0 Å². The Balaban J connectivity index is 2.42. The quantitative estimate of drug-likeness (QED) is 0.839. The lowest BCUT2D eigenvalue weighted by Gasteiger charge is -2.24. The summed E-state index contributed by atoms with van der Waals surface area (Å²) in [6.07, 6.45) is 1.19. The van der Waals surface area contributed by atoms with E-state index in [-0.39, 0.29) is 6.09 Å². The van der Waals surface area contributed by atoms with Gasteiger partial charge in [-0.25, -0.2) is 14.8 Å². The molecule has 1 amide bonds. The highest BCUT2D eigenvalue weighted by Crippen LogP contribution is 2.14. The van der Waals surface area contributed by atoms with Crippen molar-refractivity contribution >= 4 is 22.0 Å². The van der Waals surface area contributed by atoms with Crippen molar-refractivity contribution in [1.29, 1.82) is 0 Å². The molecule has 0 bridgehead atoms. The van der Waals surface area contributed by atoms with Crippen LogP contribution in [0.5, 0.6) is 5.88 Å². The number of nitrogens with zero attached hydrogens (tertiary/aromatic N) is 3. The van der Waals surface area contributed by atoms with Gasteiger partial charge < -0.3 is 14.4 Å². The molecule has 0 N–H and O–H groups in total. The maximum absolute atomic E-state index is 11.7. The molecule has 0 saturated heterocycles. The molecule has 0 radical (unpaired) electrons. The minimum Gasteiger partial charge on any atom is -0.474 e. The first-order chi connectivity index (χ1) is 9.19. The fourth-order valence-corrected chi connectivity index (χ4v) is 1.66. The fraction of sp³-hybridized carbons (Fsp3) is 0.615. The molecule has 0 unspecified atom stereocenters. The van der Waals surface area contributed by atoms with E-state index in [0.29, 0.717) is 29.3 Å². The molecule has 1 aromatic heterocycles. The molecule has 1 aromatic rings. The predicted octanol–water partition coefficient (Wildman–Crippen LogP) is 2.79. The SMILES string of the molecule is Cc1nc(Br)cnc1OCCN(C)C(=O)OC(C)(C)C. The van der Waals surface area contributed by atoms with Crippen LogP contribution in [0.4, 0.5) is 4.79 Å². The zero-order valence-electron chi connectivity index (χ0n) is 12.4. The van der Waals surface area contributed by atoms with Gasteiger partial charge in [-0.3, -0.25) is 0 Å². The Bertz CT molecular complexity index is 474. The highest BCUT2D eigenvalue weighted by molar-refractivity contribution is 9.10. The first-order valence-electron chi connectivity index (χ1n) is 6.25. The van der Waals surface area contributed by atoms with Crippen LogP contribution >= 0.6 is 15.9 Å². The van der Waals surface area contributed by atoms with Gasteiger partial charge in [-0.2, -0.15) is 0 Å². The van der Waals surface area contributed by atoms with Gasteiger partial charge in [0.05, 0.1) is 12.7 Å². The summed E-state index contributed by atoms with van der Waals surface area (Å²) in [5.41, 5.74) is 0.194. The molecule has 0 aliphatic heterocycles. The summed E-state index contributed by atoms with van der Waals surface area (Å²) >= 11 is 3.24. The zero-order chi connectivity index (χ0) is 15.3. The number of ether oxygens (including phenoxy) is 2. The van der Waals surface area contributed by atoms with Crippen LogP contribution in [0, 0.1) is 6.92 Å². The minimum atomic E-state index is -0.500. The summed E-state index contributed by atoms with van der Waals surface area (Å²) in [5.74, 6) is 0.464. The lowest BCUT2D eigenvalue weighted by Crippen LogP contribution is -2.36. The van der Waals surface area contributed by atoms with Crippen LogP contribution in [0.15, 0.2) is 10.8 Å². The van der Waals surface area contributed by atoms with Crippen molar-refractivity contribution in [3.63, 3.8) is 0 Å². The van der Waals surface area contributed by atoms with E-state index < -0.39 is 5.60 Å². The molecule has 0 atom stereocenters. The largest absolute Gasteiger partial charge is 0.474 e. The second-order valence-electron chi connectivity index (χ2n) is 5.33. The molecular formula is C13H20BrN3O3. The van der Waals surface area contributed by atoms with E-state index in [9.17, 15) is 4.79 Å². The summed E-state index contributed by atoms with van der Waals surface area (Å²) in [6.45, 7) is 8.03. The first-order valence-corrected chi connectivity index (χ1v) is 7.04. The topological polar surface area (TPSA) is 64.6 Å². The average molecular weight is 346 g/mol. The van der Waals surface area contributed by atoms with Gasteiger partial charge in [0.2, 0.25) is 5.88 Å². The van der Waals surface area contributed by atoms with Gasteiger partial charge in [0.25, 0.3) is 0 Å². The number of carbonyl (C=O) groups is 1. The molecule has 0 aliphatic rings. The molecule has 112 valence electrons. The lowest BCUT2D eigenvalue weighted by molar-refractivity contribution is 0.0277. The number of aromatic nitrogens is 2. The Morgan fingerprint density at radius 1 is 1.45 bits per heavy atom. The van der Waals surface area contributed by atoms with Crippen molar-refractivity contribution in [2.45, 2.75) is 33.3 Å². The summed E-state index contributed by atoms with van der Waals surface area (Å²) in [5, 5.41) is 0. The molecule has 20 heavy (non-hydrogen) atoms. The van der Waals surface area contributed by atoms with Gasteiger partial charge in [-0.1, -0.05) is 0 Å². The van der Waals surface area contributed by atoms with Crippen LogP contribution in [0.3, 0.4) is 0 Å². The van der Waals surface area contributed by atoms with Crippen molar-refractivity contribution in [2.75, 3.05) is 20.2 Å². The standard InChI is InChI=1S/C13H20BrN3O3/c1-9-11(15-8-10(14)16-9)19-7-6-17(5)12(18)20-13(2,3)4/h8H,6-7H2,1-5H3. The lowest BCUT2D eigenvalue weighted by atomic mass is 10.2. The third kappa shape index (κ3) is 5.73. The highest BCUT2D eigenvalue weighted by Gasteiger charge is 2.19. The maximum atomic E-state index is 11.7. The third-order valence-corrected chi connectivity index (χ3v) is 2.63. The Morgan fingerprint density at radius 2 is 2.10 bits per heavy atom. The van der Waals surface area contributed by atoms with Gasteiger partial charge in [0.15, 0.2) is 0 Å². The van der Waals surface area contributed by atoms with Crippen LogP contribution < -0.4 is 4.74 Å². The molecule has 6 nitrogen and oxygen atoms in total. The van der Waals surface area contributed by atoms with Crippen LogP contribution in [-0.2, 0) is 4.74 Å². The van der Waals surface area contributed by atoms with Crippen LogP contribution in [0.2, 0.25) is 0 Å². The van der Waals surface area contributed by atoms with E-state index in [1.165, 1.54) is 4.90 Å². The van der Waals surface area contributed by atoms with Crippen LogP contribution in [0.1, 0.15) is 26.5 Å². The summed E-state index contributed by atoms with van der Waals surface area (Å²) in [7, 11) is 1.66. The number of amides is 1. The smallest absolute Gasteiger partial charge is 0.410 e. The normalized spacial score (nSPS) is 11.1. The van der Waals surface area contributed by atoms with E-state index in [2.05, 4.69) is 25.9 Å². The molecule has 0 saturated carbocycles. The number of likely N-dealkylation sites (N-methyl/N-ethyl adjacent to an activating group) is 1. The monoisotopic (exact) mass is 345 g/mol. The second-order valence-corrected chi connectivity index (χ2v) is 6.15. The first kappa shape index (κ1) is 16.7. The van der Waals surface area contributed by atoms with Crippen LogP contribution in [-0.4, -0.2) is 46.8 Å². The fourth-order valence-electron chi connectivity index (χ4n) is 1.29. The Morgan fingerprint density at radius 3 is 2.65 bits per heavy atom. The van der Waals surface area contributed by atoms with Crippen molar-refractivity contribution < 1.29 is 14.3 Å². The number of hydrogen-bond donors (Lipinski definition) is 0. The second kappa shape index (κ2) is 6.88. The molecule has 0 fully saturated rings. The van der Waals surface area contributed by atoms with E-state index in [1.807, 2.05) is 27.7 Å². The molecule has 0 aromatic carbocycles. The molecule has 1 rings (SSSR count). The Hall–Kier alpha value is -1.37. The maximum Gasteiger partial charge on any atom is 0.410 e. The zero-order valence-corrected chi connectivity index (χ0v) is 14.0. The van der Waals surface area contributed by atoms with Gasteiger partial charge >= 0.3 is 6.09 Å². The number of rotatable bonds is 4. The molecule has 0 aliphatic carbocycles. The summed E-state index contributed by atoms with van der Waals surface area (Å²) in [4.78, 5) is 21.5. The molecule has 7 heteroatoms. The van der Waals surface area contributed by atoms with E-state index in [0.717, 1.165) is 0 Å². The summed E-state index contributed by atoms with van der Waals surface area (Å²) < 4.78 is 11.4. The van der Waals surface area contributed by atoms with E-state index >= 15 is 0 Å². The van der Waals surface area contributed by atoms with Gasteiger partial charge in [0.1, 0.15) is 22.5 Å². The highest BCUT2D eigenvalue weighted by atomic mass is 79.9. The Labute approximate surface area is 127 Å². The molecule has 0 spiro atoms. The van der Waals surface area contributed by atoms with E-state index in [1.54, 1.807) is 13.2 Å². The van der Waals surface area contributed by atoms with Crippen LogP contribution in [0.25, 0.3) is 0 Å². The number of halogens is 1. The Kier molecular flexibility index (Phi) is 5.74. The molecular weight excluding hydrogens is 326 g/mol. The minimum absolute atomic E-state index is 0.326. The van der Waals surface area contributed by atoms with Gasteiger partial charge in [0, 0.05) is 7.05 Å². The molecule has 1 heterocycles. The van der Waals surface area contributed by atoms with Crippen molar-refractivity contribution in [3.05, 3.63) is 16.5 Å². The third-order valence-electron chi connectivity index (χ3n) is 2.24. The predicted molar refractivity (Wildman–Crippen MR) is 78.8 cm³/mol. The number of aryl methyl sites for hydroxylation is 1. The van der Waals surface area contributed by atoms with E-state index in [4.69, 9.17) is 9.47 Å². The van der Waals surface area contributed by atoms with Crippen molar-refractivity contribution in [1.82, 2.24) is 14.9 Å². The number of hydrogen-bond acceptors (Lipinski definition) is 5. The van der Waals surface area contributed by atoms with Crippen molar-refractivity contribution in [3.8, 4) is 5.88 Å². The average Bonchev–Trinajstić information content (AvgIpc) is 2.29.